The number of aromatic nitrogens is 1. The van der Waals surface area contributed by atoms with Gasteiger partial charge in [0.2, 0.25) is 0 Å². The van der Waals surface area contributed by atoms with E-state index in [1.165, 1.54) is 31.2 Å². The summed E-state index contributed by atoms with van der Waals surface area (Å²) in [4.78, 5) is 7.08. The van der Waals surface area contributed by atoms with Crippen LogP contribution in [0, 0.1) is 5.92 Å². The van der Waals surface area contributed by atoms with E-state index in [0.717, 1.165) is 35.8 Å². The Morgan fingerprint density at radius 3 is 2.79 bits per heavy atom. The molecule has 19 heavy (non-hydrogen) atoms. The molecule has 0 spiro atoms. The van der Waals surface area contributed by atoms with Crippen molar-refractivity contribution >= 4 is 21.7 Å². The van der Waals surface area contributed by atoms with Crippen molar-refractivity contribution in [2.75, 3.05) is 25.0 Å². The van der Waals surface area contributed by atoms with Crippen molar-refractivity contribution in [3.63, 3.8) is 0 Å². The van der Waals surface area contributed by atoms with Gasteiger partial charge in [-0.15, -0.1) is 0 Å². The Bertz CT molecular complexity index is 400. The SMILES string of the molecule is CCCC1CCN(c2ncc(Br)cc2CNC)CC1. The summed E-state index contributed by atoms with van der Waals surface area (Å²) in [6, 6.07) is 2.18. The Morgan fingerprint density at radius 2 is 2.16 bits per heavy atom. The molecular formula is C15H24BrN3. The number of halogens is 1. The quantitative estimate of drug-likeness (QED) is 0.896. The second-order valence-corrected chi connectivity index (χ2v) is 6.30. The molecule has 1 aliphatic heterocycles. The molecular weight excluding hydrogens is 302 g/mol. The van der Waals surface area contributed by atoms with E-state index >= 15 is 0 Å². The highest BCUT2D eigenvalue weighted by atomic mass is 79.9. The van der Waals surface area contributed by atoms with Crippen molar-refractivity contribution in [3.8, 4) is 0 Å². The molecule has 0 aliphatic carbocycles. The molecule has 1 aromatic heterocycles. The van der Waals surface area contributed by atoms with Crippen LogP contribution in [0.2, 0.25) is 0 Å². The number of hydrogen-bond donors (Lipinski definition) is 1. The zero-order valence-electron chi connectivity index (χ0n) is 12.0. The van der Waals surface area contributed by atoms with Gasteiger partial charge in [0.25, 0.3) is 0 Å². The summed E-state index contributed by atoms with van der Waals surface area (Å²) < 4.78 is 1.06. The summed E-state index contributed by atoms with van der Waals surface area (Å²) in [5, 5.41) is 3.23. The first-order valence-electron chi connectivity index (χ1n) is 7.28. The molecule has 106 valence electrons. The van der Waals surface area contributed by atoms with Crippen LogP contribution in [0.25, 0.3) is 0 Å². The molecule has 0 bridgehead atoms. The molecule has 1 aliphatic rings. The Morgan fingerprint density at radius 1 is 1.42 bits per heavy atom. The second-order valence-electron chi connectivity index (χ2n) is 5.39. The van der Waals surface area contributed by atoms with Crippen molar-refractivity contribution in [1.29, 1.82) is 0 Å². The Labute approximate surface area is 124 Å². The van der Waals surface area contributed by atoms with E-state index in [1.807, 2.05) is 13.2 Å². The standard InChI is InChI=1S/C15H24BrN3/c1-3-4-12-5-7-19(8-6-12)15-13(10-17-2)9-14(16)11-18-15/h9,11-12,17H,3-8,10H2,1-2H3. The number of anilines is 1. The van der Waals surface area contributed by atoms with E-state index < -0.39 is 0 Å². The van der Waals surface area contributed by atoms with E-state index in [2.05, 4.69) is 44.1 Å². The van der Waals surface area contributed by atoms with Gasteiger partial charge in [-0.05, 0) is 47.8 Å². The van der Waals surface area contributed by atoms with Crippen LogP contribution in [0.4, 0.5) is 5.82 Å². The van der Waals surface area contributed by atoms with Crippen LogP contribution in [-0.4, -0.2) is 25.1 Å². The van der Waals surface area contributed by atoms with Gasteiger partial charge in [0.05, 0.1) is 0 Å². The highest BCUT2D eigenvalue weighted by Gasteiger charge is 2.21. The summed E-state index contributed by atoms with van der Waals surface area (Å²) in [7, 11) is 1.98. The first kappa shape index (κ1) is 14.8. The van der Waals surface area contributed by atoms with E-state index in [9.17, 15) is 0 Å². The average Bonchev–Trinajstić information content (AvgIpc) is 2.41. The minimum Gasteiger partial charge on any atom is -0.356 e. The van der Waals surface area contributed by atoms with Gasteiger partial charge in [-0.3, -0.25) is 0 Å². The number of pyridine rings is 1. The van der Waals surface area contributed by atoms with Crippen molar-refractivity contribution in [3.05, 3.63) is 22.3 Å². The van der Waals surface area contributed by atoms with Crippen LogP contribution >= 0.6 is 15.9 Å². The lowest BCUT2D eigenvalue weighted by molar-refractivity contribution is 0.377. The molecule has 0 atom stereocenters. The summed E-state index contributed by atoms with van der Waals surface area (Å²) in [5.74, 6) is 2.08. The van der Waals surface area contributed by atoms with Crippen LogP contribution in [0.1, 0.15) is 38.2 Å². The molecule has 1 fully saturated rings. The average molecular weight is 326 g/mol. The Kier molecular flexibility index (Phi) is 5.64. The fraction of sp³-hybridized carbons (Fsp3) is 0.667. The number of nitrogens with zero attached hydrogens (tertiary/aromatic N) is 2. The lowest BCUT2D eigenvalue weighted by Gasteiger charge is -2.34. The number of nitrogens with one attached hydrogen (secondary N) is 1. The van der Waals surface area contributed by atoms with E-state index in [-0.39, 0.29) is 0 Å². The molecule has 1 N–H and O–H groups in total. The Hall–Kier alpha value is -0.610. The third kappa shape index (κ3) is 3.93. The van der Waals surface area contributed by atoms with Gasteiger partial charge in [0.15, 0.2) is 0 Å². The first-order valence-corrected chi connectivity index (χ1v) is 8.07. The third-order valence-electron chi connectivity index (χ3n) is 3.89. The fourth-order valence-corrected chi connectivity index (χ4v) is 3.30. The maximum Gasteiger partial charge on any atom is 0.133 e. The predicted molar refractivity (Wildman–Crippen MR) is 84.5 cm³/mol. The van der Waals surface area contributed by atoms with Gasteiger partial charge >= 0.3 is 0 Å². The molecule has 0 unspecified atom stereocenters. The summed E-state index contributed by atoms with van der Waals surface area (Å²) in [6.07, 6.45) is 7.22. The molecule has 0 saturated carbocycles. The van der Waals surface area contributed by atoms with Crippen LogP contribution in [0.3, 0.4) is 0 Å². The normalized spacial score (nSPS) is 16.9. The van der Waals surface area contributed by atoms with Gasteiger partial charge in [0, 0.05) is 35.9 Å². The molecule has 2 rings (SSSR count). The Balaban J connectivity index is 2.06. The smallest absolute Gasteiger partial charge is 0.133 e. The predicted octanol–water partition coefficient (Wildman–Crippen LogP) is 3.58. The van der Waals surface area contributed by atoms with E-state index in [4.69, 9.17) is 0 Å². The minimum atomic E-state index is 0.872. The van der Waals surface area contributed by atoms with Crippen molar-refractivity contribution in [1.82, 2.24) is 10.3 Å². The van der Waals surface area contributed by atoms with Gasteiger partial charge < -0.3 is 10.2 Å². The molecule has 1 saturated heterocycles. The fourth-order valence-electron chi connectivity index (χ4n) is 2.92. The lowest BCUT2D eigenvalue weighted by atomic mass is 9.92. The minimum absolute atomic E-state index is 0.872. The summed E-state index contributed by atoms with van der Waals surface area (Å²) in [6.45, 7) is 5.45. The number of piperidine rings is 1. The largest absolute Gasteiger partial charge is 0.356 e. The van der Waals surface area contributed by atoms with Gasteiger partial charge in [-0.1, -0.05) is 19.8 Å². The zero-order chi connectivity index (χ0) is 13.7. The van der Waals surface area contributed by atoms with Crippen LogP contribution in [0.5, 0.6) is 0 Å². The molecule has 2 heterocycles. The number of rotatable bonds is 5. The second kappa shape index (κ2) is 7.25. The molecule has 0 aromatic carbocycles. The molecule has 3 nitrogen and oxygen atoms in total. The van der Waals surface area contributed by atoms with Crippen LogP contribution in [-0.2, 0) is 6.54 Å². The lowest BCUT2D eigenvalue weighted by Crippen LogP contribution is -2.35. The van der Waals surface area contributed by atoms with Crippen molar-refractivity contribution < 1.29 is 0 Å². The molecule has 1 aromatic rings. The third-order valence-corrected chi connectivity index (χ3v) is 4.32. The van der Waals surface area contributed by atoms with Crippen molar-refractivity contribution in [2.45, 2.75) is 39.2 Å². The molecule has 0 radical (unpaired) electrons. The van der Waals surface area contributed by atoms with E-state index in [1.54, 1.807) is 0 Å². The summed E-state index contributed by atoms with van der Waals surface area (Å²) in [5.41, 5.74) is 1.28. The van der Waals surface area contributed by atoms with Gasteiger partial charge in [0.1, 0.15) is 5.82 Å². The highest BCUT2D eigenvalue weighted by molar-refractivity contribution is 9.10. The molecule has 0 amide bonds. The maximum atomic E-state index is 4.63. The first-order chi connectivity index (χ1) is 9.24. The maximum absolute atomic E-state index is 4.63. The van der Waals surface area contributed by atoms with E-state index in [0.29, 0.717) is 0 Å². The van der Waals surface area contributed by atoms with Crippen LogP contribution < -0.4 is 10.2 Å². The highest BCUT2D eigenvalue weighted by Crippen LogP contribution is 2.28. The molecule has 4 heteroatoms. The van der Waals surface area contributed by atoms with Crippen molar-refractivity contribution in [2.24, 2.45) is 5.92 Å². The van der Waals surface area contributed by atoms with Gasteiger partial charge in [-0.25, -0.2) is 4.98 Å². The summed E-state index contributed by atoms with van der Waals surface area (Å²) >= 11 is 3.51. The zero-order valence-corrected chi connectivity index (χ0v) is 13.5. The number of hydrogen-bond acceptors (Lipinski definition) is 3. The topological polar surface area (TPSA) is 28.2 Å². The monoisotopic (exact) mass is 325 g/mol. The van der Waals surface area contributed by atoms with Crippen LogP contribution in [0.15, 0.2) is 16.7 Å². The van der Waals surface area contributed by atoms with Gasteiger partial charge in [-0.2, -0.15) is 0 Å².